The molecule has 138 valence electrons. The first kappa shape index (κ1) is 18.2. The molecule has 1 aliphatic heterocycles. The van der Waals surface area contributed by atoms with Crippen LogP contribution in [-0.2, 0) is 16.1 Å². The van der Waals surface area contributed by atoms with E-state index in [-0.39, 0.29) is 11.8 Å². The van der Waals surface area contributed by atoms with Crippen molar-refractivity contribution >= 4 is 5.91 Å². The predicted octanol–water partition coefficient (Wildman–Crippen LogP) is 1.49. The third-order valence-corrected chi connectivity index (χ3v) is 3.88. The van der Waals surface area contributed by atoms with E-state index in [2.05, 4.69) is 15.3 Å². The van der Waals surface area contributed by atoms with E-state index in [1.165, 1.54) is 18.5 Å². The first-order valence-electron chi connectivity index (χ1n) is 8.05. The highest BCUT2D eigenvalue weighted by Gasteiger charge is 2.26. The molecule has 0 radical (unpaired) electrons. The molecule has 1 N–H and O–H groups in total. The molecule has 0 aliphatic carbocycles. The predicted molar refractivity (Wildman–Crippen MR) is 87.5 cm³/mol. The van der Waals surface area contributed by atoms with Gasteiger partial charge in [-0.1, -0.05) is 6.07 Å². The van der Waals surface area contributed by atoms with E-state index in [1.807, 2.05) is 4.90 Å². The van der Waals surface area contributed by atoms with Crippen molar-refractivity contribution < 1.29 is 23.0 Å². The molecule has 1 atom stereocenters. The van der Waals surface area contributed by atoms with E-state index in [1.54, 1.807) is 7.05 Å². The van der Waals surface area contributed by atoms with Crippen molar-refractivity contribution in [3.63, 3.8) is 0 Å². The molecule has 0 saturated carbocycles. The molecule has 1 aromatic heterocycles. The normalized spacial score (nSPS) is 17.7. The number of hydrogen-bond acceptors (Lipinski definition) is 6. The highest BCUT2D eigenvalue weighted by atomic mass is 19.1. The number of carbonyl (C=O) groups is 1. The molecule has 2 aromatic rings. The zero-order valence-corrected chi connectivity index (χ0v) is 14.1. The van der Waals surface area contributed by atoms with Crippen LogP contribution in [0.4, 0.5) is 8.78 Å². The zero-order valence-electron chi connectivity index (χ0n) is 14.1. The van der Waals surface area contributed by atoms with Crippen LogP contribution in [0.25, 0.3) is 0 Å². The lowest BCUT2D eigenvalue weighted by atomic mass is 10.2. The third-order valence-electron chi connectivity index (χ3n) is 3.88. The van der Waals surface area contributed by atoms with Gasteiger partial charge in [0.2, 0.25) is 17.5 Å². The van der Waals surface area contributed by atoms with Gasteiger partial charge < -0.3 is 14.8 Å². The average Bonchev–Trinajstić information content (AvgIpc) is 2.66. The standard InChI is InChI=1S/C17H18F2N4O3/c1-20-17(24)14-10-23(5-6-25-14)9-11-7-22-15(8-21-11)26-16-12(18)3-2-4-13(16)19/h2-4,7-8,14H,5-6,9-10H2,1H3,(H,20,24)/t14-/m0/s1. The van der Waals surface area contributed by atoms with Gasteiger partial charge in [0.05, 0.1) is 24.7 Å². The summed E-state index contributed by atoms with van der Waals surface area (Å²) in [5.41, 5.74) is 0.643. The molecular formula is C17H18F2N4O3. The van der Waals surface area contributed by atoms with Gasteiger partial charge in [0.15, 0.2) is 11.6 Å². The van der Waals surface area contributed by atoms with E-state index < -0.39 is 23.5 Å². The number of aromatic nitrogens is 2. The quantitative estimate of drug-likeness (QED) is 0.866. The van der Waals surface area contributed by atoms with Crippen molar-refractivity contribution in [3.8, 4) is 11.6 Å². The summed E-state index contributed by atoms with van der Waals surface area (Å²) in [5.74, 6) is -2.33. The zero-order chi connectivity index (χ0) is 18.5. The molecule has 1 fully saturated rings. The van der Waals surface area contributed by atoms with Gasteiger partial charge in [-0.15, -0.1) is 0 Å². The molecule has 26 heavy (non-hydrogen) atoms. The second kappa shape index (κ2) is 8.15. The van der Waals surface area contributed by atoms with Gasteiger partial charge in [-0.2, -0.15) is 0 Å². The summed E-state index contributed by atoms with van der Waals surface area (Å²) in [7, 11) is 1.56. The maximum atomic E-state index is 13.6. The SMILES string of the molecule is CNC(=O)[C@@H]1CN(Cc2cnc(Oc3c(F)cccc3F)cn2)CCO1. The Labute approximate surface area is 149 Å². The summed E-state index contributed by atoms with van der Waals surface area (Å²) >= 11 is 0. The fourth-order valence-corrected chi connectivity index (χ4v) is 2.56. The Balaban J connectivity index is 1.62. The Kier molecular flexibility index (Phi) is 5.69. The number of likely N-dealkylation sites (N-methyl/N-ethyl adjacent to an activating group) is 1. The molecule has 1 aromatic carbocycles. The summed E-state index contributed by atoms with van der Waals surface area (Å²) < 4.78 is 37.7. The molecule has 7 nitrogen and oxygen atoms in total. The minimum Gasteiger partial charge on any atom is -0.431 e. The van der Waals surface area contributed by atoms with E-state index in [0.717, 1.165) is 12.1 Å². The van der Waals surface area contributed by atoms with Gasteiger partial charge in [-0.25, -0.2) is 13.8 Å². The topological polar surface area (TPSA) is 76.6 Å². The Bertz CT molecular complexity index is 753. The van der Waals surface area contributed by atoms with Gasteiger partial charge in [-0.3, -0.25) is 14.7 Å². The van der Waals surface area contributed by atoms with Crippen molar-refractivity contribution in [2.45, 2.75) is 12.6 Å². The van der Waals surface area contributed by atoms with E-state index in [9.17, 15) is 13.6 Å². The van der Waals surface area contributed by atoms with Gasteiger partial charge >= 0.3 is 0 Å². The van der Waals surface area contributed by atoms with Crippen LogP contribution in [-0.4, -0.2) is 53.6 Å². The minimum absolute atomic E-state index is 0.0111. The van der Waals surface area contributed by atoms with E-state index in [0.29, 0.717) is 31.9 Å². The van der Waals surface area contributed by atoms with E-state index >= 15 is 0 Å². The number of halogens is 2. The number of morpholine rings is 1. The fourth-order valence-electron chi connectivity index (χ4n) is 2.56. The molecule has 1 amide bonds. The summed E-state index contributed by atoms with van der Waals surface area (Å²) in [5, 5.41) is 2.56. The maximum absolute atomic E-state index is 13.6. The molecule has 0 spiro atoms. The Morgan fingerprint density at radius 2 is 2.12 bits per heavy atom. The van der Waals surface area contributed by atoms with Crippen LogP contribution in [0.15, 0.2) is 30.6 Å². The van der Waals surface area contributed by atoms with Crippen LogP contribution in [0.1, 0.15) is 5.69 Å². The summed E-state index contributed by atoms with van der Waals surface area (Å²) in [6, 6.07) is 3.45. The Hall–Kier alpha value is -2.65. The molecule has 2 heterocycles. The van der Waals surface area contributed by atoms with Crippen molar-refractivity contribution in [2.24, 2.45) is 0 Å². The molecule has 1 saturated heterocycles. The van der Waals surface area contributed by atoms with Gasteiger partial charge in [0, 0.05) is 26.7 Å². The lowest BCUT2D eigenvalue weighted by Crippen LogP contribution is -2.48. The number of rotatable bonds is 5. The van der Waals surface area contributed by atoms with Crippen LogP contribution >= 0.6 is 0 Å². The number of hydrogen-bond donors (Lipinski definition) is 1. The number of carbonyl (C=O) groups excluding carboxylic acids is 1. The molecule has 1 aliphatic rings. The maximum Gasteiger partial charge on any atom is 0.250 e. The summed E-state index contributed by atoms with van der Waals surface area (Å²) in [6.07, 6.45) is 2.25. The van der Waals surface area contributed by atoms with Gasteiger partial charge in [-0.05, 0) is 12.1 Å². The monoisotopic (exact) mass is 364 g/mol. The smallest absolute Gasteiger partial charge is 0.250 e. The van der Waals surface area contributed by atoms with Gasteiger partial charge in [0.25, 0.3) is 0 Å². The first-order valence-corrected chi connectivity index (χ1v) is 8.05. The number of ether oxygens (including phenoxy) is 2. The van der Waals surface area contributed by atoms with Crippen LogP contribution in [0.5, 0.6) is 11.6 Å². The van der Waals surface area contributed by atoms with Crippen LogP contribution in [0, 0.1) is 11.6 Å². The third kappa shape index (κ3) is 4.30. The van der Waals surface area contributed by atoms with Gasteiger partial charge in [0.1, 0.15) is 6.10 Å². The summed E-state index contributed by atoms with van der Waals surface area (Å²) in [6.45, 7) is 2.02. The van der Waals surface area contributed by atoms with Crippen molar-refractivity contribution in [3.05, 3.63) is 47.9 Å². The second-order valence-electron chi connectivity index (χ2n) is 5.71. The highest BCUT2D eigenvalue weighted by molar-refractivity contribution is 5.80. The summed E-state index contributed by atoms with van der Waals surface area (Å²) in [4.78, 5) is 21.9. The number of amides is 1. The lowest BCUT2D eigenvalue weighted by Gasteiger charge is -2.31. The largest absolute Gasteiger partial charge is 0.431 e. The molecule has 0 unspecified atom stereocenters. The number of para-hydroxylation sites is 1. The molecule has 9 heteroatoms. The van der Waals surface area contributed by atoms with Crippen molar-refractivity contribution in [1.82, 2.24) is 20.2 Å². The van der Waals surface area contributed by atoms with Crippen molar-refractivity contribution in [1.29, 1.82) is 0 Å². The average molecular weight is 364 g/mol. The second-order valence-corrected chi connectivity index (χ2v) is 5.71. The van der Waals surface area contributed by atoms with Crippen LogP contribution in [0.2, 0.25) is 0 Å². The van der Waals surface area contributed by atoms with Crippen LogP contribution in [0.3, 0.4) is 0 Å². The lowest BCUT2D eigenvalue weighted by molar-refractivity contribution is -0.138. The molecular weight excluding hydrogens is 346 g/mol. The van der Waals surface area contributed by atoms with Crippen LogP contribution < -0.4 is 10.1 Å². The molecule has 3 rings (SSSR count). The molecule has 0 bridgehead atoms. The fraction of sp³-hybridized carbons (Fsp3) is 0.353. The number of nitrogens with zero attached hydrogens (tertiary/aromatic N) is 3. The number of nitrogens with one attached hydrogen (secondary N) is 1. The Morgan fingerprint density at radius 1 is 1.35 bits per heavy atom. The van der Waals surface area contributed by atoms with E-state index in [4.69, 9.17) is 9.47 Å². The highest BCUT2D eigenvalue weighted by Crippen LogP contribution is 2.25. The van der Waals surface area contributed by atoms with Crippen molar-refractivity contribution in [2.75, 3.05) is 26.7 Å². The number of benzene rings is 1. The first-order chi connectivity index (χ1) is 12.6. The Morgan fingerprint density at radius 3 is 2.77 bits per heavy atom. The minimum atomic E-state index is -0.815.